The van der Waals surface area contributed by atoms with E-state index in [-0.39, 0.29) is 24.3 Å². The molecule has 178 valence electrons. The maximum absolute atomic E-state index is 12.2. The molecule has 1 aromatic rings. The van der Waals surface area contributed by atoms with Gasteiger partial charge in [0.05, 0.1) is 12.1 Å². The summed E-state index contributed by atoms with van der Waals surface area (Å²) in [6, 6.07) is 10.6. The van der Waals surface area contributed by atoms with E-state index < -0.39 is 12.1 Å². The number of rotatable bonds is 16. The molecule has 0 aromatic heterocycles. The van der Waals surface area contributed by atoms with E-state index in [1.165, 1.54) is 18.4 Å². The van der Waals surface area contributed by atoms with E-state index in [4.69, 9.17) is 5.11 Å². The van der Waals surface area contributed by atoms with Crippen molar-refractivity contribution < 1.29 is 19.8 Å². The zero-order chi connectivity index (χ0) is 23.2. The lowest BCUT2D eigenvalue weighted by molar-refractivity contribution is -0.137. The SMILES string of the molecule is C[C@H](CCCCCc1ccccc1)[C@H](O)C=CC1CCC(=O)N1CCCCCCC(=O)O. The molecule has 5 heteroatoms. The van der Waals surface area contributed by atoms with Gasteiger partial charge in [-0.1, -0.05) is 75.1 Å². The molecule has 0 spiro atoms. The second kappa shape index (κ2) is 14.8. The largest absolute Gasteiger partial charge is 0.481 e. The molecule has 1 aliphatic heterocycles. The van der Waals surface area contributed by atoms with Gasteiger partial charge in [-0.15, -0.1) is 0 Å². The summed E-state index contributed by atoms with van der Waals surface area (Å²) in [5, 5.41) is 19.2. The van der Waals surface area contributed by atoms with Gasteiger partial charge in [-0.05, 0) is 50.0 Å². The molecule has 1 unspecified atom stereocenters. The van der Waals surface area contributed by atoms with Crippen LogP contribution in [0, 0.1) is 5.92 Å². The lowest BCUT2D eigenvalue weighted by Gasteiger charge is -2.23. The lowest BCUT2D eigenvalue weighted by Crippen LogP contribution is -2.33. The van der Waals surface area contributed by atoms with Crippen molar-refractivity contribution in [3.63, 3.8) is 0 Å². The average molecular weight is 444 g/mol. The van der Waals surface area contributed by atoms with Crippen molar-refractivity contribution in [3.05, 3.63) is 48.0 Å². The van der Waals surface area contributed by atoms with Crippen LogP contribution in [0.2, 0.25) is 0 Å². The topological polar surface area (TPSA) is 77.8 Å². The fourth-order valence-corrected chi connectivity index (χ4v) is 4.38. The molecule has 1 heterocycles. The van der Waals surface area contributed by atoms with Crippen LogP contribution in [0.15, 0.2) is 42.5 Å². The van der Waals surface area contributed by atoms with Crippen LogP contribution in [-0.2, 0) is 16.0 Å². The number of aliphatic carboxylic acids is 1. The molecule has 1 fully saturated rings. The van der Waals surface area contributed by atoms with Crippen LogP contribution < -0.4 is 0 Å². The molecule has 1 aromatic carbocycles. The number of hydrogen-bond acceptors (Lipinski definition) is 3. The summed E-state index contributed by atoms with van der Waals surface area (Å²) in [6.45, 7) is 2.81. The number of unbranched alkanes of at least 4 members (excludes halogenated alkanes) is 5. The number of benzene rings is 1. The average Bonchev–Trinajstić information content (AvgIpc) is 3.13. The van der Waals surface area contributed by atoms with Gasteiger partial charge in [-0.25, -0.2) is 0 Å². The van der Waals surface area contributed by atoms with E-state index in [9.17, 15) is 14.7 Å². The van der Waals surface area contributed by atoms with Gasteiger partial charge in [0, 0.05) is 19.4 Å². The number of carboxylic acid groups (broad SMARTS) is 1. The third-order valence-electron chi connectivity index (χ3n) is 6.50. The van der Waals surface area contributed by atoms with E-state index in [0.717, 1.165) is 44.9 Å². The Bertz CT molecular complexity index is 703. The van der Waals surface area contributed by atoms with Crippen molar-refractivity contribution in [1.29, 1.82) is 0 Å². The number of nitrogens with zero attached hydrogens (tertiary/aromatic N) is 1. The maximum atomic E-state index is 12.2. The molecule has 5 nitrogen and oxygen atoms in total. The van der Waals surface area contributed by atoms with E-state index in [0.29, 0.717) is 19.4 Å². The van der Waals surface area contributed by atoms with Crippen LogP contribution in [0.25, 0.3) is 0 Å². The smallest absolute Gasteiger partial charge is 0.303 e. The van der Waals surface area contributed by atoms with Gasteiger partial charge in [-0.2, -0.15) is 0 Å². The number of carbonyl (C=O) groups is 2. The number of carboxylic acids is 1. The van der Waals surface area contributed by atoms with Gasteiger partial charge in [0.25, 0.3) is 0 Å². The molecule has 1 saturated heterocycles. The summed E-state index contributed by atoms with van der Waals surface area (Å²) in [7, 11) is 0. The van der Waals surface area contributed by atoms with Gasteiger partial charge in [0.1, 0.15) is 0 Å². The van der Waals surface area contributed by atoms with Crippen molar-refractivity contribution >= 4 is 11.9 Å². The summed E-state index contributed by atoms with van der Waals surface area (Å²) in [5.41, 5.74) is 1.39. The maximum Gasteiger partial charge on any atom is 0.303 e. The highest BCUT2D eigenvalue weighted by molar-refractivity contribution is 5.79. The summed E-state index contributed by atoms with van der Waals surface area (Å²) < 4.78 is 0. The van der Waals surface area contributed by atoms with E-state index >= 15 is 0 Å². The quantitative estimate of drug-likeness (QED) is 0.266. The number of carbonyl (C=O) groups excluding carboxylic acids is 1. The van der Waals surface area contributed by atoms with Crippen molar-refractivity contribution in [1.82, 2.24) is 4.90 Å². The Hall–Kier alpha value is -2.14. The first-order valence-corrected chi connectivity index (χ1v) is 12.4. The van der Waals surface area contributed by atoms with Gasteiger partial charge in [0.15, 0.2) is 0 Å². The minimum absolute atomic E-state index is 0.0780. The Kier molecular flexibility index (Phi) is 12.1. The highest BCUT2D eigenvalue weighted by Gasteiger charge is 2.28. The number of aliphatic hydroxyl groups excluding tert-OH is 1. The van der Waals surface area contributed by atoms with Crippen molar-refractivity contribution in [2.75, 3.05) is 6.54 Å². The molecule has 1 aliphatic rings. The van der Waals surface area contributed by atoms with Crippen LogP contribution in [0.3, 0.4) is 0 Å². The van der Waals surface area contributed by atoms with Crippen molar-refractivity contribution in [3.8, 4) is 0 Å². The number of amides is 1. The van der Waals surface area contributed by atoms with Crippen LogP contribution in [0.5, 0.6) is 0 Å². The summed E-state index contributed by atoms with van der Waals surface area (Å²) in [6.07, 6.45) is 14.1. The van der Waals surface area contributed by atoms with Crippen molar-refractivity contribution in [2.24, 2.45) is 5.92 Å². The molecule has 3 atom stereocenters. The monoisotopic (exact) mass is 443 g/mol. The zero-order valence-corrected chi connectivity index (χ0v) is 19.6. The second-order valence-electron chi connectivity index (χ2n) is 9.19. The molecule has 0 aliphatic carbocycles. The molecule has 32 heavy (non-hydrogen) atoms. The van der Waals surface area contributed by atoms with E-state index in [1.807, 2.05) is 23.1 Å². The molecule has 0 radical (unpaired) electrons. The predicted octanol–water partition coefficient (Wildman–Crippen LogP) is 5.37. The Morgan fingerprint density at radius 3 is 2.56 bits per heavy atom. The fraction of sp³-hybridized carbons (Fsp3) is 0.630. The fourth-order valence-electron chi connectivity index (χ4n) is 4.38. The molecule has 2 N–H and O–H groups in total. The first-order valence-electron chi connectivity index (χ1n) is 12.4. The Morgan fingerprint density at radius 1 is 1.09 bits per heavy atom. The van der Waals surface area contributed by atoms with Crippen LogP contribution >= 0.6 is 0 Å². The van der Waals surface area contributed by atoms with E-state index in [1.54, 1.807) is 0 Å². The Labute approximate surface area is 193 Å². The van der Waals surface area contributed by atoms with E-state index in [2.05, 4.69) is 31.2 Å². The standard InChI is InChI=1S/C27H41NO4/c1-22(12-6-4-7-13-23-14-8-5-9-15-23)25(29)19-17-24-18-20-26(30)28(24)21-11-3-2-10-16-27(31)32/h5,8-9,14-15,17,19,22,24-25,29H,2-4,6-7,10-13,16,18,20-21H2,1H3,(H,31,32)/t22-,24?,25-/m1/s1. The normalized spacial score (nSPS) is 18.4. The summed E-state index contributed by atoms with van der Waals surface area (Å²) >= 11 is 0. The van der Waals surface area contributed by atoms with Crippen molar-refractivity contribution in [2.45, 2.75) is 96.1 Å². The van der Waals surface area contributed by atoms with Gasteiger partial charge in [-0.3, -0.25) is 9.59 Å². The summed E-state index contributed by atoms with van der Waals surface area (Å²) in [4.78, 5) is 24.7. The molecule has 0 saturated carbocycles. The number of hydrogen-bond donors (Lipinski definition) is 2. The summed E-state index contributed by atoms with van der Waals surface area (Å²) in [5.74, 6) is -0.348. The number of aliphatic hydroxyl groups is 1. The highest BCUT2D eigenvalue weighted by atomic mass is 16.4. The molecule has 1 amide bonds. The minimum Gasteiger partial charge on any atom is -0.481 e. The van der Waals surface area contributed by atoms with Gasteiger partial charge >= 0.3 is 5.97 Å². The van der Waals surface area contributed by atoms with Crippen LogP contribution in [0.1, 0.15) is 83.1 Å². The van der Waals surface area contributed by atoms with Crippen LogP contribution in [-0.4, -0.2) is 45.7 Å². The molecule has 0 bridgehead atoms. The first-order chi connectivity index (χ1) is 15.5. The Balaban J connectivity index is 1.63. The first kappa shape index (κ1) is 26.1. The van der Waals surface area contributed by atoms with Gasteiger partial charge in [0.2, 0.25) is 5.91 Å². The number of likely N-dealkylation sites (tertiary alicyclic amines) is 1. The number of aryl methyl sites for hydroxylation is 1. The third kappa shape index (κ3) is 9.99. The van der Waals surface area contributed by atoms with Gasteiger partial charge < -0.3 is 15.1 Å². The second-order valence-corrected chi connectivity index (χ2v) is 9.19. The third-order valence-corrected chi connectivity index (χ3v) is 6.50. The predicted molar refractivity (Wildman–Crippen MR) is 128 cm³/mol. The lowest BCUT2D eigenvalue weighted by atomic mass is 9.95. The molecular weight excluding hydrogens is 402 g/mol. The van der Waals surface area contributed by atoms with Crippen LogP contribution in [0.4, 0.5) is 0 Å². The highest BCUT2D eigenvalue weighted by Crippen LogP contribution is 2.22. The molecular formula is C27H41NO4. The molecule has 2 rings (SSSR count). The zero-order valence-electron chi connectivity index (χ0n) is 19.6. The minimum atomic E-state index is -0.745. The Morgan fingerprint density at radius 2 is 1.81 bits per heavy atom.